The molecule has 1 saturated heterocycles. The molecule has 1 aliphatic heterocycles. The van der Waals surface area contributed by atoms with Crippen molar-refractivity contribution in [2.45, 2.75) is 49.7 Å². The van der Waals surface area contributed by atoms with Crippen LogP contribution in [0.3, 0.4) is 0 Å². The lowest BCUT2D eigenvalue weighted by atomic mass is 9.84. The van der Waals surface area contributed by atoms with E-state index < -0.39 is 50.2 Å². The predicted octanol–water partition coefficient (Wildman–Crippen LogP) is 2.98. The van der Waals surface area contributed by atoms with E-state index in [1.807, 2.05) is 13.8 Å². The predicted molar refractivity (Wildman–Crippen MR) is 116 cm³/mol. The van der Waals surface area contributed by atoms with Gasteiger partial charge in [-0.2, -0.15) is 16.8 Å². The maximum absolute atomic E-state index is 12.6. The first kappa shape index (κ1) is 24.4. The molecule has 0 saturated carbocycles. The number of ether oxygens (including phenoxy) is 1. The summed E-state index contributed by atoms with van der Waals surface area (Å²) in [5.74, 6) is -1.86. The molecule has 4 unspecified atom stereocenters. The van der Waals surface area contributed by atoms with E-state index in [9.17, 15) is 21.6 Å². The fourth-order valence-electron chi connectivity index (χ4n) is 3.29. The van der Waals surface area contributed by atoms with Crippen LogP contribution in [0.25, 0.3) is 0 Å². The molecule has 0 bridgehead atoms. The first-order valence-corrected chi connectivity index (χ1v) is 12.9. The standard InChI is InChI=1S/C22H26O8S2/c1-14-5-9-18(10-6-14)31(24,25)28-13-20-16(3)17(4)21(22(23)29-20)30-32(26,27)19-11-7-15(2)8-12-19/h5-12,16-17,20-21H,13H2,1-4H3. The van der Waals surface area contributed by atoms with Gasteiger partial charge in [0, 0.05) is 11.8 Å². The number of aryl methyl sites for hydroxylation is 2. The molecule has 4 atom stereocenters. The van der Waals surface area contributed by atoms with Crippen LogP contribution >= 0.6 is 0 Å². The van der Waals surface area contributed by atoms with Gasteiger partial charge in [-0.05, 0) is 38.1 Å². The largest absolute Gasteiger partial charge is 0.458 e. The highest BCUT2D eigenvalue weighted by Gasteiger charge is 2.45. The Kier molecular flexibility index (Phi) is 7.09. The van der Waals surface area contributed by atoms with Crippen molar-refractivity contribution in [3.8, 4) is 0 Å². The van der Waals surface area contributed by atoms with Crippen LogP contribution in [0.5, 0.6) is 0 Å². The van der Waals surface area contributed by atoms with Crippen LogP contribution in [0.1, 0.15) is 25.0 Å². The zero-order valence-electron chi connectivity index (χ0n) is 18.2. The van der Waals surface area contributed by atoms with E-state index in [2.05, 4.69) is 0 Å². The molecule has 174 valence electrons. The van der Waals surface area contributed by atoms with Crippen molar-refractivity contribution in [2.24, 2.45) is 11.8 Å². The van der Waals surface area contributed by atoms with E-state index in [1.54, 1.807) is 38.1 Å². The average Bonchev–Trinajstić information content (AvgIpc) is 2.73. The summed E-state index contributed by atoms with van der Waals surface area (Å²) in [5, 5.41) is 0. The molecule has 3 rings (SSSR count). The van der Waals surface area contributed by atoms with Gasteiger partial charge in [-0.3, -0.25) is 8.37 Å². The molecular formula is C22H26O8S2. The third-order valence-electron chi connectivity index (χ3n) is 5.63. The van der Waals surface area contributed by atoms with Crippen LogP contribution in [0.2, 0.25) is 0 Å². The van der Waals surface area contributed by atoms with Crippen molar-refractivity contribution in [1.82, 2.24) is 0 Å². The van der Waals surface area contributed by atoms with Gasteiger partial charge >= 0.3 is 5.97 Å². The fourth-order valence-corrected chi connectivity index (χ4v) is 5.32. The van der Waals surface area contributed by atoms with Crippen molar-refractivity contribution >= 4 is 26.2 Å². The van der Waals surface area contributed by atoms with Gasteiger partial charge in [0.15, 0.2) is 6.10 Å². The topological polar surface area (TPSA) is 113 Å². The van der Waals surface area contributed by atoms with Gasteiger partial charge in [0.25, 0.3) is 20.2 Å². The van der Waals surface area contributed by atoms with Crippen molar-refractivity contribution in [3.05, 3.63) is 59.7 Å². The molecule has 8 nitrogen and oxygen atoms in total. The number of cyclic esters (lactones) is 1. The summed E-state index contributed by atoms with van der Waals surface area (Å²) in [6, 6.07) is 12.2. The van der Waals surface area contributed by atoms with Gasteiger partial charge < -0.3 is 4.74 Å². The lowest BCUT2D eigenvalue weighted by molar-refractivity contribution is -0.178. The van der Waals surface area contributed by atoms with Crippen molar-refractivity contribution in [3.63, 3.8) is 0 Å². The number of esters is 1. The Morgan fingerprint density at radius 1 is 0.781 bits per heavy atom. The average molecular weight is 483 g/mol. The van der Waals surface area contributed by atoms with E-state index >= 15 is 0 Å². The number of benzene rings is 2. The number of hydrogen-bond acceptors (Lipinski definition) is 8. The Bertz CT molecular complexity index is 1170. The molecule has 2 aromatic carbocycles. The number of carbonyl (C=O) groups is 1. The van der Waals surface area contributed by atoms with Gasteiger partial charge in [-0.15, -0.1) is 0 Å². The number of hydrogen-bond donors (Lipinski definition) is 0. The molecule has 0 N–H and O–H groups in total. The minimum absolute atomic E-state index is 0.00339. The van der Waals surface area contributed by atoms with Crippen LogP contribution in [0, 0.1) is 25.7 Å². The van der Waals surface area contributed by atoms with Gasteiger partial charge in [0.05, 0.1) is 9.79 Å². The second kappa shape index (κ2) is 9.30. The van der Waals surface area contributed by atoms with Gasteiger partial charge in [-0.25, -0.2) is 4.79 Å². The highest BCUT2D eigenvalue weighted by atomic mass is 32.2. The maximum atomic E-state index is 12.6. The summed E-state index contributed by atoms with van der Waals surface area (Å²) < 4.78 is 65.7. The third-order valence-corrected chi connectivity index (χ3v) is 8.24. The molecule has 1 heterocycles. The minimum atomic E-state index is -4.19. The summed E-state index contributed by atoms with van der Waals surface area (Å²) in [6.45, 7) is 6.64. The van der Waals surface area contributed by atoms with Crippen LogP contribution in [0.15, 0.2) is 58.3 Å². The first-order chi connectivity index (χ1) is 14.9. The summed E-state index contributed by atoms with van der Waals surface area (Å²) in [7, 11) is -8.22. The molecule has 1 fully saturated rings. The highest BCUT2D eigenvalue weighted by molar-refractivity contribution is 7.87. The molecule has 0 spiro atoms. The van der Waals surface area contributed by atoms with Crippen LogP contribution in [-0.2, 0) is 38.1 Å². The van der Waals surface area contributed by atoms with E-state index in [-0.39, 0.29) is 16.4 Å². The second-order valence-corrected chi connectivity index (χ2v) is 11.2. The van der Waals surface area contributed by atoms with Crippen LogP contribution in [-0.4, -0.2) is 41.6 Å². The monoisotopic (exact) mass is 482 g/mol. The van der Waals surface area contributed by atoms with Crippen molar-refractivity contribution in [1.29, 1.82) is 0 Å². The minimum Gasteiger partial charge on any atom is -0.458 e. The van der Waals surface area contributed by atoms with Gasteiger partial charge in [0.2, 0.25) is 0 Å². The van der Waals surface area contributed by atoms with Gasteiger partial charge in [-0.1, -0.05) is 49.2 Å². The quantitative estimate of drug-likeness (QED) is 0.437. The lowest BCUT2D eigenvalue weighted by Gasteiger charge is -2.37. The molecule has 2 aromatic rings. The molecule has 32 heavy (non-hydrogen) atoms. The Labute approximate surface area is 188 Å². The maximum Gasteiger partial charge on any atom is 0.337 e. The third kappa shape index (κ3) is 5.37. The summed E-state index contributed by atoms with van der Waals surface area (Å²) in [4.78, 5) is 12.5. The van der Waals surface area contributed by atoms with Crippen LogP contribution in [0.4, 0.5) is 0 Å². The molecule has 0 radical (unpaired) electrons. The van der Waals surface area contributed by atoms with Crippen LogP contribution < -0.4 is 0 Å². The molecule has 1 aliphatic rings. The summed E-state index contributed by atoms with van der Waals surface area (Å²) in [6.07, 6.45) is -2.22. The number of rotatable bonds is 7. The Morgan fingerprint density at radius 3 is 1.75 bits per heavy atom. The second-order valence-electron chi connectivity index (χ2n) is 8.03. The fraction of sp³-hybridized carbons (Fsp3) is 0.409. The molecule has 0 amide bonds. The smallest absolute Gasteiger partial charge is 0.337 e. The Balaban J connectivity index is 1.68. The molecule has 10 heteroatoms. The zero-order valence-corrected chi connectivity index (χ0v) is 19.9. The summed E-state index contributed by atoms with van der Waals surface area (Å²) in [5.41, 5.74) is 1.78. The van der Waals surface area contributed by atoms with Crippen molar-refractivity contribution in [2.75, 3.05) is 6.61 Å². The van der Waals surface area contributed by atoms with E-state index in [4.69, 9.17) is 13.1 Å². The van der Waals surface area contributed by atoms with Gasteiger partial charge in [0.1, 0.15) is 12.7 Å². The van der Waals surface area contributed by atoms with E-state index in [0.717, 1.165) is 11.1 Å². The SMILES string of the molecule is Cc1ccc(S(=O)(=O)OCC2OC(=O)C(OS(=O)(=O)c3ccc(C)cc3)C(C)C2C)cc1. The Hall–Kier alpha value is -2.27. The molecular weight excluding hydrogens is 456 g/mol. The normalized spacial score (nSPS) is 24.2. The first-order valence-electron chi connectivity index (χ1n) is 10.1. The lowest BCUT2D eigenvalue weighted by Crippen LogP contribution is -2.50. The number of carbonyl (C=O) groups excluding carboxylic acids is 1. The van der Waals surface area contributed by atoms with Crippen molar-refractivity contribution < 1.29 is 34.7 Å². The summed E-state index contributed by atoms with van der Waals surface area (Å²) >= 11 is 0. The molecule has 0 aromatic heterocycles. The molecule has 0 aliphatic carbocycles. The Morgan fingerprint density at radius 2 is 1.25 bits per heavy atom. The van der Waals surface area contributed by atoms with E-state index in [0.29, 0.717) is 0 Å². The van der Waals surface area contributed by atoms with E-state index in [1.165, 1.54) is 24.3 Å². The zero-order chi connectivity index (χ0) is 23.7. The highest BCUT2D eigenvalue weighted by Crippen LogP contribution is 2.32.